The van der Waals surface area contributed by atoms with E-state index in [2.05, 4.69) is 12.2 Å². The summed E-state index contributed by atoms with van der Waals surface area (Å²) in [5, 5.41) is 3.45. The molecule has 3 unspecified atom stereocenters. The molecule has 82 valence electrons. The van der Waals surface area contributed by atoms with Gasteiger partial charge in [0.05, 0.1) is 12.2 Å². The fourth-order valence-electron chi connectivity index (χ4n) is 2.21. The summed E-state index contributed by atoms with van der Waals surface area (Å²) < 4.78 is 11.2. The summed E-state index contributed by atoms with van der Waals surface area (Å²) in [6.07, 6.45) is 4.53. The molecule has 3 heteroatoms. The Bertz CT molecular complexity index is 169. The largest absolute Gasteiger partial charge is 0.377 e. The third-order valence-electron chi connectivity index (χ3n) is 3.28. The zero-order valence-corrected chi connectivity index (χ0v) is 9.00. The van der Waals surface area contributed by atoms with Crippen LogP contribution in [0.5, 0.6) is 0 Å². The van der Waals surface area contributed by atoms with Gasteiger partial charge in [-0.3, -0.25) is 0 Å². The van der Waals surface area contributed by atoms with Gasteiger partial charge in [-0.15, -0.1) is 0 Å². The highest BCUT2D eigenvalue weighted by Gasteiger charge is 2.24. The van der Waals surface area contributed by atoms with Crippen molar-refractivity contribution in [3.8, 4) is 0 Å². The second kappa shape index (κ2) is 5.10. The molecule has 0 amide bonds. The van der Waals surface area contributed by atoms with Crippen LogP contribution >= 0.6 is 0 Å². The van der Waals surface area contributed by atoms with Gasteiger partial charge < -0.3 is 14.8 Å². The fraction of sp³-hybridized carbons (Fsp3) is 1.00. The first kappa shape index (κ1) is 10.4. The quantitative estimate of drug-likeness (QED) is 0.737. The molecule has 0 bridgehead atoms. The van der Waals surface area contributed by atoms with Gasteiger partial charge in [-0.1, -0.05) is 6.92 Å². The Kier molecular flexibility index (Phi) is 3.79. The van der Waals surface area contributed by atoms with Gasteiger partial charge in [-0.05, 0) is 25.2 Å². The zero-order chi connectivity index (χ0) is 9.80. The van der Waals surface area contributed by atoms with Gasteiger partial charge in [0, 0.05) is 26.3 Å². The normalized spacial score (nSPS) is 37.9. The lowest BCUT2D eigenvalue weighted by atomic mass is 10.0. The van der Waals surface area contributed by atoms with E-state index in [1.165, 1.54) is 19.3 Å². The van der Waals surface area contributed by atoms with E-state index in [0.29, 0.717) is 18.1 Å². The molecule has 0 saturated carbocycles. The highest BCUT2D eigenvalue weighted by molar-refractivity contribution is 4.76. The molecule has 2 heterocycles. The van der Waals surface area contributed by atoms with Gasteiger partial charge in [-0.25, -0.2) is 0 Å². The average Bonchev–Trinajstić information content (AvgIpc) is 2.78. The molecule has 2 aliphatic rings. The lowest BCUT2D eigenvalue weighted by Gasteiger charge is -2.17. The molecule has 0 radical (unpaired) electrons. The average molecular weight is 199 g/mol. The lowest BCUT2D eigenvalue weighted by molar-refractivity contribution is 0.0804. The summed E-state index contributed by atoms with van der Waals surface area (Å²) in [5.41, 5.74) is 0. The first-order chi connectivity index (χ1) is 6.86. The standard InChI is InChI=1S/C11H21NO2/c1-9-4-6-14-11(9)8-12-7-10-3-2-5-13-10/h9-12H,2-8H2,1H3. The van der Waals surface area contributed by atoms with Crippen molar-refractivity contribution in [1.82, 2.24) is 5.32 Å². The molecule has 0 spiro atoms. The van der Waals surface area contributed by atoms with Crippen molar-refractivity contribution in [3.05, 3.63) is 0 Å². The van der Waals surface area contributed by atoms with E-state index < -0.39 is 0 Å². The van der Waals surface area contributed by atoms with Gasteiger partial charge in [-0.2, -0.15) is 0 Å². The van der Waals surface area contributed by atoms with Crippen LogP contribution < -0.4 is 5.32 Å². The molecule has 2 aliphatic heterocycles. The predicted molar refractivity (Wildman–Crippen MR) is 55.4 cm³/mol. The Morgan fingerprint density at radius 1 is 1.14 bits per heavy atom. The minimum absolute atomic E-state index is 0.427. The van der Waals surface area contributed by atoms with E-state index in [9.17, 15) is 0 Å². The van der Waals surface area contributed by atoms with E-state index >= 15 is 0 Å². The number of nitrogens with one attached hydrogen (secondary N) is 1. The number of ether oxygens (including phenoxy) is 2. The van der Waals surface area contributed by atoms with Crippen LogP contribution in [-0.2, 0) is 9.47 Å². The highest BCUT2D eigenvalue weighted by atomic mass is 16.5. The van der Waals surface area contributed by atoms with Gasteiger partial charge in [0.2, 0.25) is 0 Å². The molecule has 2 fully saturated rings. The van der Waals surface area contributed by atoms with Crippen molar-refractivity contribution >= 4 is 0 Å². The molecule has 0 aromatic rings. The molecule has 1 N–H and O–H groups in total. The first-order valence-electron chi connectivity index (χ1n) is 5.80. The van der Waals surface area contributed by atoms with Crippen molar-refractivity contribution in [2.75, 3.05) is 26.3 Å². The monoisotopic (exact) mass is 199 g/mol. The number of rotatable bonds is 4. The Morgan fingerprint density at radius 3 is 2.71 bits per heavy atom. The second-order valence-corrected chi connectivity index (χ2v) is 4.47. The second-order valence-electron chi connectivity index (χ2n) is 4.47. The summed E-state index contributed by atoms with van der Waals surface area (Å²) in [5.74, 6) is 0.715. The van der Waals surface area contributed by atoms with Crippen molar-refractivity contribution in [2.45, 2.75) is 38.4 Å². The van der Waals surface area contributed by atoms with Crippen LogP contribution in [0, 0.1) is 5.92 Å². The lowest BCUT2D eigenvalue weighted by Crippen LogP contribution is -2.34. The van der Waals surface area contributed by atoms with Crippen molar-refractivity contribution in [3.63, 3.8) is 0 Å². The van der Waals surface area contributed by atoms with E-state index in [1.54, 1.807) is 0 Å². The summed E-state index contributed by atoms with van der Waals surface area (Å²) in [6.45, 7) is 6.13. The Hall–Kier alpha value is -0.120. The van der Waals surface area contributed by atoms with Gasteiger partial charge in [0.25, 0.3) is 0 Å². The zero-order valence-electron chi connectivity index (χ0n) is 9.00. The fourth-order valence-corrected chi connectivity index (χ4v) is 2.21. The summed E-state index contributed by atoms with van der Waals surface area (Å²) in [4.78, 5) is 0. The molecule has 0 aromatic heterocycles. The Balaban J connectivity index is 1.57. The van der Waals surface area contributed by atoms with Crippen molar-refractivity contribution in [1.29, 1.82) is 0 Å². The SMILES string of the molecule is CC1CCOC1CNCC1CCCO1. The Labute approximate surface area is 86.2 Å². The maximum Gasteiger partial charge on any atom is 0.0725 e. The van der Waals surface area contributed by atoms with E-state index in [0.717, 1.165) is 26.3 Å². The molecule has 3 nitrogen and oxygen atoms in total. The number of hydrogen-bond acceptors (Lipinski definition) is 3. The van der Waals surface area contributed by atoms with Crippen LogP contribution in [0.2, 0.25) is 0 Å². The predicted octanol–water partition coefficient (Wildman–Crippen LogP) is 1.18. The summed E-state index contributed by atoms with van der Waals surface area (Å²) in [7, 11) is 0. The van der Waals surface area contributed by atoms with Crippen LogP contribution in [0.4, 0.5) is 0 Å². The molecular formula is C11H21NO2. The smallest absolute Gasteiger partial charge is 0.0725 e. The van der Waals surface area contributed by atoms with Crippen LogP contribution in [0.1, 0.15) is 26.2 Å². The maximum absolute atomic E-state index is 5.63. The number of hydrogen-bond donors (Lipinski definition) is 1. The highest BCUT2D eigenvalue weighted by Crippen LogP contribution is 2.19. The van der Waals surface area contributed by atoms with Gasteiger partial charge >= 0.3 is 0 Å². The van der Waals surface area contributed by atoms with Crippen LogP contribution in [0.25, 0.3) is 0 Å². The molecule has 0 aromatic carbocycles. The minimum Gasteiger partial charge on any atom is -0.377 e. The van der Waals surface area contributed by atoms with Crippen molar-refractivity contribution < 1.29 is 9.47 Å². The van der Waals surface area contributed by atoms with Crippen LogP contribution in [-0.4, -0.2) is 38.5 Å². The van der Waals surface area contributed by atoms with Gasteiger partial charge in [0.1, 0.15) is 0 Å². The van der Waals surface area contributed by atoms with Crippen LogP contribution in [0.15, 0.2) is 0 Å². The van der Waals surface area contributed by atoms with E-state index in [4.69, 9.17) is 9.47 Å². The van der Waals surface area contributed by atoms with E-state index in [1.807, 2.05) is 0 Å². The van der Waals surface area contributed by atoms with E-state index in [-0.39, 0.29) is 0 Å². The molecule has 14 heavy (non-hydrogen) atoms. The summed E-state index contributed by atoms with van der Waals surface area (Å²) >= 11 is 0. The molecular weight excluding hydrogens is 178 g/mol. The third kappa shape index (κ3) is 2.69. The van der Waals surface area contributed by atoms with Gasteiger partial charge in [0.15, 0.2) is 0 Å². The Morgan fingerprint density at radius 2 is 2.07 bits per heavy atom. The van der Waals surface area contributed by atoms with Crippen molar-refractivity contribution in [2.24, 2.45) is 5.92 Å². The molecule has 2 rings (SSSR count). The van der Waals surface area contributed by atoms with Crippen LogP contribution in [0.3, 0.4) is 0 Å². The topological polar surface area (TPSA) is 30.5 Å². The third-order valence-corrected chi connectivity index (χ3v) is 3.28. The molecule has 0 aliphatic carbocycles. The summed E-state index contributed by atoms with van der Waals surface area (Å²) in [6, 6.07) is 0. The molecule has 2 saturated heterocycles. The maximum atomic E-state index is 5.63. The minimum atomic E-state index is 0.427. The molecule has 3 atom stereocenters. The first-order valence-corrected chi connectivity index (χ1v) is 5.80.